The molecule has 2 heterocycles. The van der Waals surface area contributed by atoms with Crippen LogP contribution in [0.5, 0.6) is 5.75 Å². The third-order valence-corrected chi connectivity index (χ3v) is 3.58. The summed E-state index contributed by atoms with van der Waals surface area (Å²) in [5.74, 6) is 1.34. The van der Waals surface area contributed by atoms with E-state index < -0.39 is 0 Å². The van der Waals surface area contributed by atoms with Crippen molar-refractivity contribution in [2.24, 2.45) is 0 Å². The number of hydrogen-bond acceptors (Lipinski definition) is 4. The zero-order valence-electron chi connectivity index (χ0n) is 10.9. The van der Waals surface area contributed by atoms with Gasteiger partial charge in [-0.3, -0.25) is 0 Å². The Morgan fingerprint density at radius 2 is 2.21 bits per heavy atom. The van der Waals surface area contributed by atoms with Gasteiger partial charge in [-0.25, -0.2) is 0 Å². The van der Waals surface area contributed by atoms with Gasteiger partial charge in [-0.1, -0.05) is 18.3 Å². The van der Waals surface area contributed by atoms with E-state index in [1.165, 1.54) is 22.6 Å². The van der Waals surface area contributed by atoms with Crippen LogP contribution in [-0.4, -0.2) is 14.6 Å². The van der Waals surface area contributed by atoms with Crippen LogP contribution in [0, 0.1) is 0 Å². The second-order valence-electron chi connectivity index (χ2n) is 4.81. The van der Waals surface area contributed by atoms with Crippen molar-refractivity contribution in [3.8, 4) is 5.75 Å². The van der Waals surface area contributed by atoms with Gasteiger partial charge in [0.15, 0.2) is 0 Å². The van der Waals surface area contributed by atoms with Crippen LogP contribution in [0.1, 0.15) is 31.2 Å². The van der Waals surface area contributed by atoms with Crippen LogP contribution in [0.3, 0.4) is 0 Å². The summed E-state index contributed by atoms with van der Waals surface area (Å²) >= 11 is 1.34. The SMILES string of the molecule is CC(C)c1cc2ccc(OCc3csnn3)cc2[nH]1. The summed E-state index contributed by atoms with van der Waals surface area (Å²) in [7, 11) is 0. The Balaban J connectivity index is 1.80. The molecule has 3 aromatic rings. The molecule has 0 amide bonds. The lowest BCUT2D eigenvalue weighted by Gasteiger charge is -2.03. The van der Waals surface area contributed by atoms with Crippen molar-refractivity contribution in [1.82, 2.24) is 14.6 Å². The van der Waals surface area contributed by atoms with E-state index in [0.717, 1.165) is 17.0 Å². The fourth-order valence-corrected chi connectivity index (χ4v) is 2.37. The van der Waals surface area contributed by atoms with E-state index in [1.807, 2.05) is 17.5 Å². The first-order valence-corrected chi connectivity index (χ1v) is 7.07. The number of nitrogens with one attached hydrogen (secondary N) is 1. The van der Waals surface area contributed by atoms with Crippen LogP contribution < -0.4 is 4.74 Å². The molecular formula is C14H15N3OS. The quantitative estimate of drug-likeness (QED) is 0.788. The molecule has 0 fully saturated rings. The number of nitrogens with zero attached hydrogens (tertiary/aromatic N) is 2. The molecule has 0 radical (unpaired) electrons. The summed E-state index contributed by atoms with van der Waals surface area (Å²) in [5.41, 5.74) is 3.22. The lowest BCUT2D eigenvalue weighted by atomic mass is 10.1. The number of rotatable bonds is 4. The number of aromatic nitrogens is 3. The van der Waals surface area contributed by atoms with E-state index in [1.54, 1.807) is 0 Å². The highest BCUT2D eigenvalue weighted by molar-refractivity contribution is 7.03. The first kappa shape index (κ1) is 12.2. The molecule has 4 nitrogen and oxygen atoms in total. The fourth-order valence-electron chi connectivity index (χ4n) is 1.93. The maximum atomic E-state index is 5.71. The van der Waals surface area contributed by atoms with Crippen LogP contribution >= 0.6 is 11.5 Å². The van der Waals surface area contributed by atoms with Gasteiger partial charge >= 0.3 is 0 Å². The lowest BCUT2D eigenvalue weighted by Crippen LogP contribution is -1.95. The Bertz CT molecular complexity index is 673. The standard InChI is InChI=1S/C14H15N3OS/c1-9(2)13-5-10-3-4-12(6-14(10)15-13)18-7-11-8-19-17-16-11/h3-6,8-9,15H,7H2,1-2H3. The molecule has 1 N–H and O–H groups in total. The summed E-state index contributed by atoms with van der Waals surface area (Å²) in [6.45, 7) is 4.81. The normalized spacial score (nSPS) is 11.3. The molecule has 98 valence electrons. The van der Waals surface area contributed by atoms with Crippen LogP contribution in [0.15, 0.2) is 29.6 Å². The minimum absolute atomic E-state index is 0.458. The minimum atomic E-state index is 0.458. The monoisotopic (exact) mass is 273 g/mol. The van der Waals surface area contributed by atoms with E-state index in [-0.39, 0.29) is 0 Å². The van der Waals surface area contributed by atoms with Gasteiger partial charge in [-0.2, -0.15) is 0 Å². The Kier molecular flexibility index (Phi) is 3.21. The number of hydrogen-bond donors (Lipinski definition) is 1. The average molecular weight is 273 g/mol. The first-order chi connectivity index (χ1) is 9.22. The molecule has 2 aromatic heterocycles. The van der Waals surface area contributed by atoms with Crippen molar-refractivity contribution in [3.05, 3.63) is 41.0 Å². The Morgan fingerprint density at radius 3 is 2.95 bits per heavy atom. The van der Waals surface area contributed by atoms with Crippen molar-refractivity contribution < 1.29 is 4.74 Å². The number of fused-ring (bicyclic) bond motifs is 1. The number of benzene rings is 1. The summed E-state index contributed by atoms with van der Waals surface area (Å²) in [6.07, 6.45) is 0. The van der Waals surface area contributed by atoms with Crippen LogP contribution in [0.2, 0.25) is 0 Å². The Hall–Kier alpha value is -1.88. The van der Waals surface area contributed by atoms with Gasteiger partial charge in [0.05, 0.1) is 0 Å². The second kappa shape index (κ2) is 5.01. The highest BCUT2D eigenvalue weighted by Gasteiger charge is 2.06. The van der Waals surface area contributed by atoms with Crippen molar-refractivity contribution in [2.45, 2.75) is 26.4 Å². The van der Waals surface area contributed by atoms with Crippen LogP contribution in [0.4, 0.5) is 0 Å². The molecule has 0 aliphatic heterocycles. The van der Waals surface area contributed by atoms with Gasteiger partial charge < -0.3 is 9.72 Å². The number of aromatic amines is 1. The molecule has 5 heteroatoms. The maximum Gasteiger partial charge on any atom is 0.133 e. The maximum absolute atomic E-state index is 5.71. The van der Waals surface area contributed by atoms with E-state index >= 15 is 0 Å². The Morgan fingerprint density at radius 1 is 1.32 bits per heavy atom. The second-order valence-corrected chi connectivity index (χ2v) is 5.42. The minimum Gasteiger partial charge on any atom is -0.487 e. The van der Waals surface area contributed by atoms with Gasteiger partial charge in [-0.15, -0.1) is 5.10 Å². The molecule has 1 aromatic carbocycles. The van der Waals surface area contributed by atoms with Gasteiger partial charge in [0, 0.05) is 22.7 Å². The van der Waals surface area contributed by atoms with Crippen LogP contribution in [0.25, 0.3) is 10.9 Å². The van der Waals surface area contributed by atoms with E-state index in [9.17, 15) is 0 Å². The van der Waals surface area contributed by atoms with E-state index in [2.05, 4.69) is 40.6 Å². The van der Waals surface area contributed by atoms with Crippen molar-refractivity contribution in [3.63, 3.8) is 0 Å². The topological polar surface area (TPSA) is 50.8 Å². The molecule has 19 heavy (non-hydrogen) atoms. The molecule has 0 atom stereocenters. The molecule has 0 saturated carbocycles. The highest BCUT2D eigenvalue weighted by atomic mass is 32.1. The van der Waals surface area contributed by atoms with Gasteiger partial charge in [0.2, 0.25) is 0 Å². The predicted molar refractivity (Wildman–Crippen MR) is 76.6 cm³/mol. The van der Waals surface area contributed by atoms with Crippen molar-refractivity contribution in [1.29, 1.82) is 0 Å². The zero-order valence-corrected chi connectivity index (χ0v) is 11.7. The molecule has 0 unspecified atom stereocenters. The van der Waals surface area contributed by atoms with Gasteiger partial charge in [0.25, 0.3) is 0 Å². The van der Waals surface area contributed by atoms with E-state index in [0.29, 0.717) is 12.5 Å². The highest BCUT2D eigenvalue weighted by Crippen LogP contribution is 2.25. The smallest absolute Gasteiger partial charge is 0.133 e. The summed E-state index contributed by atoms with van der Waals surface area (Å²) in [4.78, 5) is 3.42. The summed E-state index contributed by atoms with van der Waals surface area (Å²) < 4.78 is 9.53. The molecule has 3 rings (SSSR count). The summed E-state index contributed by atoms with van der Waals surface area (Å²) in [5, 5.41) is 7.06. The molecule has 0 aliphatic carbocycles. The van der Waals surface area contributed by atoms with Gasteiger partial charge in [-0.05, 0) is 41.0 Å². The largest absolute Gasteiger partial charge is 0.487 e. The average Bonchev–Trinajstić information content (AvgIpc) is 3.04. The lowest BCUT2D eigenvalue weighted by molar-refractivity contribution is 0.301. The van der Waals surface area contributed by atoms with E-state index in [4.69, 9.17) is 4.74 Å². The number of ether oxygens (including phenoxy) is 1. The van der Waals surface area contributed by atoms with Gasteiger partial charge in [0.1, 0.15) is 18.1 Å². The van der Waals surface area contributed by atoms with Crippen LogP contribution in [-0.2, 0) is 6.61 Å². The fraction of sp³-hybridized carbons (Fsp3) is 0.286. The molecule has 0 bridgehead atoms. The molecule has 0 spiro atoms. The number of H-pyrrole nitrogens is 1. The molecule has 0 aliphatic rings. The van der Waals surface area contributed by atoms with Crippen molar-refractivity contribution in [2.75, 3.05) is 0 Å². The Labute approximate surface area is 115 Å². The predicted octanol–water partition coefficient (Wildman–Crippen LogP) is 3.72. The van der Waals surface area contributed by atoms with Crippen molar-refractivity contribution >= 4 is 22.4 Å². The third-order valence-electron chi connectivity index (χ3n) is 3.03. The third kappa shape index (κ3) is 2.61. The first-order valence-electron chi connectivity index (χ1n) is 6.24. The summed E-state index contributed by atoms with van der Waals surface area (Å²) in [6, 6.07) is 8.28. The molecule has 0 saturated heterocycles. The molecular weight excluding hydrogens is 258 g/mol. The zero-order chi connectivity index (χ0) is 13.2.